The number of aromatic nitrogens is 2. The summed E-state index contributed by atoms with van der Waals surface area (Å²) in [4.78, 5) is 7.36. The molecule has 0 aliphatic carbocycles. The maximum absolute atomic E-state index is 4.19. The van der Waals surface area contributed by atoms with E-state index in [0.29, 0.717) is 0 Å². The van der Waals surface area contributed by atoms with Crippen LogP contribution in [0.3, 0.4) is 0 Å². The highest BCUT2D eigenvalue weighted by atomic mass is 14.7. The normalized spacial score (nSPS) is 10.2. The van der Waals surface area contributed by atoms with Crippen molar-refractivity contribution in [2.75, 3.05) is 0 Å². The van der Waals surface area contributed by atoms with Crippen molar-refractivity contribution in [1.29, 1.82) is 0 Å². The largest absolute Gasteiger partial charge is 0.361 e. The Balaban J connectivity index is 2.41. The lowest BCUT2D eigenvalue weighted by molar-refractivity contribution is 1.10. The highest BCUT2D eigenvalue weighted by Crippen LogP contribution is 2.16. The Hall–Kier alpha value is -1.57. The lowest BCUT2D eigenvalue weighted by Gasteiger charge is -1.99. The molecule has 0 amide bonds. The maximum atomic E-state index is 4.19. The van der Waals surface area contributed by atoms with Crippen molar-refractivity contribution in [2.24, 2.45) is 0 Å². The van der Waals surface area contributed by atoms with Crippen molar-refractivity contribution in [1.82, 2.24) is 9.97 Å². The number of pyridine rings is 1. The molecule has 0 bridgehead atoms. The smallest absolute Gasteiger partial charge is 0.0469 e. The first kappa shape index (κ1) is 8.05. The molecule has 2 rings (SSSR count). The number of hydrogen-bond donors (Lipinski definition) is 1. The summed E-state index contributed by atoms with van der Waals surface area (Å²) in [6.45, 7) is 2.13. The van der Waals surface area contributed by atoms with Crippen LogP contribution in [0.25, 0.3) is 11.3 Å². The van der Waals surface area contributed by atoms with Gasteiger partial charge in [0, 0.05) is 29.8 Å². The summed E-state index contributed by atoms with van der Waals surface area (Å²) in [7, 11) is 0. The molecule has 2 aromatic rings. The number of H-pyrrole nitrogens is 1. The third-order valence-electron chi connectivity index (χ3n) is 2.11. The standard InChI is InChI=1S/C11H12N2/c1-2-9-6-10(8-12-7-9)11-4-3-5-13-11/h3-8,13H,2H2,1H3. The summed E-state index contributed by atoms with van der Waals surface area (Å²) in [6.07, 6.45) is 6.74. The Kier molecular flexibility index (Phi) is 2.13. The van der Waals surface area contributed by atoms with Gasteiger partial charge in [-0.3, -0.25) is 4.98 Å². The lowest BCUT2D eigenvalue weighted by Crippen LogP contribution is -1.85. The minimum absolute atomic E-state index is 1.03. The molecule has 0 aliphatic rings. The van der Waals surface area contributed by atoms with Gasteiger partial charge in [0.2, 0.25) is 0 Å². The Morgan fingerprint density at radius 2 is 2.31 bits per heavy atom. The van der Waals surface area contributed by atoms with Gasteiger partial charge >= 0.3 is 0 Å². The van der Waals surface area contributed by atoms with Gasteiger partial charge in [0.05, 0.1) is 0 Å². The van der Waals surface area contributed by atoms with Crippen LogP contribution >= 0.6 is 0 Å². The summed E-state index contributed by atoms with van der Waals surface area (Å²) < 4.78 is 0. The van der Waals surface area contributed by atoms with Gasteiger partial charge in [0.25, 0.3) is 0 Å². The number of aryl methyl sites for hydroxylation is 1. The molecule has 2 nitrogen and oxygen atoms in total. The number of rotatable bonds is 2. The summed E-state index contributed by atoms with van der Waals surface area (Å²) in [5.74, 6) is 0. The second-order valence-corrected chi connectivity index (χ2v) is 3.02. The molecule has 0 unspecified atom stereocenters. The van der Waals surface area contributed by atoms with Crippen molar-refractivity contribution < 1.29 is 0 Å². The molecule has 0 radical (unpaired) electrons. The van der Waals surface area contributed by atoms with Crippen LogP contribution in [0.4, 0.5) is 0 Å². The Morgan fingerprint density at radius 1 is 1.38 bits per heavy atom. The van der Waals surface area contributed by atoms with Crippen molar-refractivity contribution >= 4 is 0 Å². The Labute approximate surface area is 77.6 Å². The van der Waals surface area contributed by atoms with E-state index >= 15 is 0 Å². The molecule has 2 heterocycles. The van der Waals surface area contributed by atoms with Crippen LogP contribution in [0.2, 0.25) is 0 Å². The number of nitrogens with one attached hydrogen (secondary N) is 1. The van der Waals surface area contributed by atoms with Gasteiger partial charge in [-0.1, -0.05) is 6.92 Å². The zero-order chi connectivity index (χ0) is 9.10. The average Bonchev–Trinajstić information content (AvgIpc) is 2.71. The van der Waals surface area contributed by atoms with E-state index in [2.05, 4.69) is 29.0 Å². The minimum Gasteiger partial charge on any atom is -0.361 e. The van der Waals surface area contributed by atoms with Crippen LogP contribution < -0.4 is 0 Å². The third kappa shape index (κ3) is 1.61. The molecule has 0 aromatic carbocycles. The molecule has 0 atom stereocenters. The van der Waals surface area contributed by atoms with Crippen LogP contribution in [0.1, 0.15) is 12.5 Å². The first-order valence-electron chi connectivity index (χ1n) is 4.48. The van der Waals surface area contributed by atoms with Crippen molar-refractivity contribution in [2.45, 2.75) is 13.3 Å². The van der Waals surface area contributed by atoms with Gasteiger partial charge in [-0.05, 0) is 30.2 Å². The minimum atomic E-state index is 1.03. The van der Waals surface area contributed by atoms with E-state index in [0.717, 1.165) is 17.7 Å². The molecule has 0 fully saturated rings. The van der Waals surface area contributed by atoms with E-state index in [1.165, 1.54) is 5.56 Å². The summed E-state index contributed by atoms with van der Waals surface area (Å²) in [5, 5.41) is 0. The van der Waals surface area contributed by atoms with Gasteiger partial charge in [-0.15, -0.1) is 0 Å². The molecule has 0 saturated carbocycles. The SMILES string of the molecule is CCc1cncc(-c2ccc[nH]2)c1. The Bertz CT molecular complexity index is 377. The van der Waals surface area contributed by atoms with Crippen molar-refractivity contribution in [3.05, 3.63) is 42.4 Å². The lowest BCUT2D eigenvalue weighted by atomic mass is 10.1. The highest BCUT2D eigenvalue weighted by Gasteiger charge is 1.98. The predicted molar refractivity (Wildman–Crippen MR) is 53.4 cm³/mol. The fourth-order valence-electron chi connectivity index (χ4n) is 1.34. The molecule has 2 aromatic heterocycles. The molecule has 0 saturated heterocycles. The second kappa shape index (κ2) is 3.44. The van der Waals surface area contributed by atoms with E-state index in [1.807, 2.05) is 24.7 Å². The monoisotopic (exact) mass is 172 g/mol. The number of hydrogen-bond acceptors (Lipinski definition) is 1. The number of nitrogens with zero attached hydrogens (tertiary/aromatic N) is 1. The summed E-state index contributed by atoms with van der Waals surface area (Å²) in [5.41, 5.74) is 3.55. The van der Waals surface area contributed by atoms with Gasteiger partial charge in [0.15, 0.2) is 0 Å². The van der Waals surface area contributed by atoms with E-state index < -0.39 is 0 Å². The fraction of sp³-hybridized carbons (Fsp3) is 0.182. The zero-order valence-electron chi connectivity index (χ0n) is 7.62. The van der Waals surface area contributed by atoms with Crippen LogP contribution in [0.5, 0.6) is 0 Å². The molecule has 2 heteroatoms. The maximum Gasteiger partial charge on any atom is 0.0469 e. The average molecular weight is 172 g/mol. The van der Waals surface area contributed by atoms with Crippen molar-refractivity contribution in [3.63, 3.8) is 0 Å². The fourth-order valence-corrected chi connectivity index (χ4v) is 1.34. The molecule has 13 heavy (non-hydrogen) atoms. The number of aromatic amines is 1. The molecule has 1 N–H and O–H groups in total. The predicted octanol–water partition coefficient (Wildman–Crippen LogP) is 2.64. The Morgan fingerprint density at radius 3 is 3.00 bits per heavy atom. The van der Waals surface area contributed by atoms with Gasteiger partial charge in [-0.2, -0.15) is 0 Å². The van der Waals surface area contributed by atoms with Crippen molar-refractivity contribution in [3.8, 4) is 11.3 Å². The summed E-state index contributed by atoms with van der Waals surface area (Å²) in [6, 6.07) is 6.21. The molecule has 0 aliphatic heterocycles. The highest BCUT2D eigenvalue weighted by molar-refractivity contribution is 5.58. The van der Waals surface area contributed by atoms with Crippen LogP contribution in [0.15, 0.2) is 36.8 Å². The van der Waals surface area contributed by atoms with E-state index in [1.54, 1.807) is 0 Å². The third-order valence-corrected chi connectivity index (χ3v) is 2.11. The van der Waals surface area contributed by atoms with Crippen LogP contribution in [-0.4, -0.2) is 9.97 Å². The van der Waals surface area contributed by atoms with E-state index in [9.17, 15) is 0 Å². The van der Waals surface area contributed by atoms with E-state index in [4.69, 9.17) is 0 Å². The first-order valence-corrected chi connectivity index (χ1v) is 4.48. The van der Waals surface area contributed by atoms with Crippen LogP contribution in [-0.2, 0) is 6.42 Å². The second-order valence-electron chi connectivity index (χ2n) is 3.02. The molecular formula is C11H12N2. The topological polar surface area (TPSA) is 28.7 Å². The summed E-state index contributed by atoms with van der Waals surface area (Å²) >= 11 is 0. The molecular weight excluding hydrogens is 160 g/mol. The zero-order valence-corrected chi connectivity index (χ0v) is 7.62. The molecule has 66 valence electrons. The van der Waals surface area contributed by atoms with E-state index in [-0.39, 0.29) is 0 Å². The van der Waals surface area contributed by atoms with Gasteiger partial charge < -0.3 is 4.98 Å². The molecule has 0 spiro atoms. The van der Waals surface area contributed by atoms with Crippen LogP contribution in [0, 0.1) is 0 Å². The van der Waals surface area contributed by atoms with Gasteiger partial charge in [0.1, 0.15) is 0 Å². The quantitative estimate of drug-likeness (QED) is 0.741. The first-order chi connectivity index (χ1) is 6.40. The van der Waals surface area contributed by atoms with Gasteiger partial charge in [-0.25, -0.2) is 0 Å².